The van der Waals surface area contributed by atoms with Crippen LogP contribution in [0.5, 0.6) is 0 Å². The predicted octanol–water partition coefficient (Wildman–Crippen LogP) is 1.94. The molecular weight excluding hydrogens is 410 g/mol. The molecule has 0 spiro atoms. The lowest BCUT2D eigenvalue weighted by atomic mass is 9.97. The van der Waals surface area contributed by atoms with E-state index in [2.05, 4.69) is 8.73 Å². The molecule has 27 heavy (non-hydrogen) atoms. The number of sulfonamides is 1. The fourth-order valence-corrected chi connectivity index (χ4v) is 5.97. The average Bonchev–Trinajstić information content (AvgIpc) is 3.30. The molecule has 3 aliphatic rings. The van der Waals surface area contributed by atoms with Crippen molar-refractivity contribution in [3.63, 3.8) is 0 Å². The van der Waals surface area contributed by atoms with Crippen molar-refractivity contribution in [2.75, 3.05) is 26.2 Å². The molecule has 8 nitrogen and oxygen atoms in total. The van der Waals surface area contributed by atoms with Crippen LogP contribution in [-0.4, -0.2) is 55.2 Å². The van der Waals surface area contributed by atoms with Crippen LogP contribution in [0.25, 0.3) is 0 Å². The molecular formula is C16H22ClN5O3S2. The summed E-state index contributed by atoms with van der Waals surface area (Å²) >= 11 is 0.998. The van der Waals surface area contributed by atoms with Gasteiger partial charge in [-0.15, -0.1) is 12.4 Å². The Morgan fingerprint density at radius 3 is 2.44 bits per heavy atom. The third-order valence-corrected chi connectivity index (χ3v) is 7.79. The molecule has 0 bridgehead atoms. The molecule has 1 saturated heterocycles. The Kier molecular flexibility index (Phi) is 5.74. The van der Waals surface area contributed by atoms with Crippen LogP contribution in [0.2, 0.25) is 0 Å². The maximum Gasteiger partial charge on any atom is 0.245 e. The molecule has 2 heterocycles. The Labute approximate surface area is 168 Å². The Balaban J connectivity index is 0.00000210. The number of amides is 1. The molecule has 2 aliphatic heterocycles. The van der Waals surface area contributed by atoms with Gasteiger partial charge in [0.05, 0.1) is 16.9 Å². The van der Waals surface area contributed by atoms with E-state index in [0.29, 0.717) is 37.3 Å². The van der Waals surface area contributed by atoms with Gasteiger partial charge < -0.3 is 10.6 Å². The van der Waals surface area contributed by atoms with Gasteiger partial charge >= 0.3 is 0 Å². The van der Waals surface area contributed by atoms with Crippen molar-refractivity contribution < 1.29 is 13.2 Å². The van der Waals surface area contributed by atoms with E-state index in [-0.39, 0.29) is 36.3 Å². The zero-order chi connectivity index (χ0) is 18.4. The lowest BCUT2D eigenvalue weighted by Gasteiger charge is -2.37. The summed E-state index contributed by atoms with van der Waals surface area (Å²) in [5.74, 6) is -0.0437. The standard InChI is InChI=1S/C16H21N5O3S2.ClH/c17-16(6-1-2-7-16)15(22)20-8-10-21(11-9-20)26(23,24)13-5-3-4-12-14(13)19-25-18-12;/h3-5H,1-2,6-11,17H2;1H. The number of halogens is 1. The summed E-state index contributed by atoms with van der Waals surface area (Å²) in [6.45, 7) is 1.25. The molecule has 4 rings (SSSR count). The van der Waals surface area contributed by atoms with Crippen molar-refractivity contribution >= 4 is 51.1 Å². The van der Waals surface area contributed by atoms with Gasteiger partial charge in [0.15, 0.2) is 0 Å². The Morgan fingerprint density at radius 1 is 1.11 bits per heavy atom. The van der Waals surface area contributed by atoms with Gasteiger partial charge in [-0.2, -0.15) is 13.0 Å². The smallest absolute Gasteiger partial charge is 0.245 e. The van der Waals surface area contributed by atoms with Gasteiger partial charge in [0.1, 0.15) is 16.3 Å². The first-order valence-electron chi connectivity index (χ1n) is 8.71. The number of fused-ring (bicyclic) bond motifs is 1. The second-order valence-corrected chi connectivity index (χ2v) is 9.38. The SMILES string of the molecule is Cl.NC1(C(=O)N2CCN(S(=O)(=O)c3cccc4c3N=S=N4)CC2)CCCC1. The van der Waals surface area contributed by atoms with Crippen LogP contribution in [0.4, 0.5) is 11.4 Å². The molecule has 1 amide bonds. The highest BCUT2D eigenvalue weighted by atomic mass is 35.5. The molecule has 1 aromatic carbocycles. The minimum atomic E-state index is -3.67. The minimum absolute atomic E-state index is 0. The summed E-state index contributed by atoms with van der Waals surface area (Å²) in [5.41, 5.74) is 6.48. The third-order valence-electron chi connectivity index (χ3n) is 5.31. The predicted molar refractivity (Wildman–Crippen MR) is 106 cm³/mol. The van der Waals surface area contributed by atoms with Crippen LogP contribution in [-0.2, 0) is 26.2 Å². The fourth-order valence-electron chi connectivity index (χ4n) is 3.79. The summed E-state index contributed by atoms with van der Waals surface area (Å²) in [7, 11) is -3.67. The maximum absolute atomic E-state index is 13.0. The molecule has 0 aromatic heterocycles. The number of carbonyl (C=O) groups excluding carboxylic acids is 1. The summed E-state index contributed by atoms with van der Waals surface area (Å²) < 4.78 is 35.7. The molecule has 2 fully saturated rings. The summed E-state index contributed by atoms with van der Waals surface area (Å²) in [5, 5.41) is 0. The first-order chi connectivity index (χ1) is 12.4. The van der Waals surface area contributed by atoms with E-state index >= 15 is 0 Å². The van der Waals surface area contributed by atoms with E-state index in [1.54, 1.807) is 23.1 Å². The molecule has 0 atom stereocenters. The number of nitrogens with zero attached hydrogens (tertiary/aromatic N) is 4. The Hall–Kier alpha value is -1.33. The minimum Gasteiger partial charge on any atom is -0.338 e. The van der Waals surface area contributed by atoms with Crippen molar-refractivity contribution in [2.45, 2.75) is 36.1 Å². The van der Waals surface area contributed by atoms with Crippen molar-refractivity contribution in [2.24, 2.45) is 14.5 Å². The van der Waals surface area contributed by atoms with Crippen LogP contribution >= 0.6 is 12.4 Å². The molecule has 11 heteroatoms. The van der Waals surface area contributed by atoms with Crippen molar-refractivity contribution in [1.82, 2.24) is 9.21 Å². The Bertz CT molecular complexity index is 916. The van der Waals surface area contributed by atoms with Crippen molar-refractivity contribution in [3.8, 4) is 0 Å². The van der Waals surface area contributed by atoms with E-state index in [1.165, 1.54) is 4.31 Å². The van der Waals surface area contributed by atoms with Gasteiger partial charge in [-0.1, -0.05) is 18.9 Å². The quantitative estimate of drug-likeness (QED) is 0.800. The average molecular weight is 432 g/mol. The fraction of sp³-hybridized carbons (Fsp3) is 0.562. The number of piperazine rings is 1. The molecule has 1 aliphatic carbocycles. The van der Waals surface area contributed by atoms with E-state index in [9.17, 15) is 13.2 Å². The van der Waals surface area contributed by atoms with Gasteiger partial charge in [0, 0.05) is 26.2 Å². The van der Waals surface area contributed by atoms with Crippen LogP contribution in [0.3, 0.4) is 0 Å². The normalized spacial score (nSPS) is 21.4. The highest BCUT2D eigenvalue weighted by Crippen LogP contribution is 2.38. The van der Waals surface area contributed by atoms with Crippen LogP contribution in [0.15, 0.2) is 31.8 Å². The highest BCUT2D eigenvalue weighted by molar-refractivity contribution is 7.89. The van der Waals surface area contributed by atoms with Crippen LogP contribution in [0.1, 0.15) is 25.7 Å². The van der Waals surface area contributed by atoms with E-state index in [4.69, 9.17) is 5.73 Å². The second kappa shape index (κ2) is 7.59. The van der Waals surface area contributed by atoms with Gasteiger partial charge in [0.25, 0.3) is 0 Å². The summed E-state index contributed by atoms with van der Waals surface area (Å²) in [6, 6.07) is 4.98. The van der Waals surface area contributed by atoms with E-state index < -0.39 is 15.6 Å². The number of nitrogens with two attached hydrogens (primary N) is 1. The topological polar surface area (TPSA) is 108 Å². The largest absolute Gasteiger partial charge is 0.338 e. The molecule has 1 aromatic rings. The molecule has 0 unspecified atom stereocenters. The first-order valence-corrected chi connectivity index (χ1v) is 10.9. The maximum atomic E-state index is 13.0. The van der Waals surface area contributed by atoms with Crippen LogP contribution < -0.4 is 5.73 Å². The van der Waals surface area contributed by atoms with Crippen molar-refractivity contribution in [3.05, 3.63) is 18.2 Å². The lowest BCUT2D eigenvalue weighted by molar-refractivity contribution is -0.138. The number of hydrogen-bond acceptors (Lipinski definition) is 6. The monoisotopic (exact) mass is 431 g/mol. The summed E-state index contributed by atoms with van der Waals surface area (Å²) in [4.78, 5) is 14.6. The molecule has 2 N–H and O–H groups in total. The van der Waals surface area contributed by atoms with Gasteiger partial charge in [-0.3, -0.25) is 4.79 Å². The zero-order valence-electron chi connectivity index (χ0n) is 14.7. The van der Waals surface area contributed by atoms with Crippen molar-refractivity contribution in [1.29, 1.82) is 0 Å². The van der Waals surface area contributed by atoms with E-state index in [0.717, 1.165) is 24.2 Å². The number of rotatable bonds is 3. The molecule has 1 saturated carbocycles. The van der Waals surface area contributed by atoms with E-state index in [1.807, 2.05) is 0 Å². The third kappa shape index (κ3) is 3.56. The van der Waals surface area contributed by atoms with Crippen LogP contribution in [0, 0.1) is 0 Å². The lowest BCUT2D eigenvalue weighted by Crippen LogP contribution is -2.59. The number of benzene rings is 1. The second-order valence-electron chi connectivity index (χ2n) is 6.95. The Morgan fingerprint density at radius 2 is 1.78 bits per heavy atom. The zero-order valence-corrected chi connectivity index (χ0v) is 17.2. The molecule has 0 radical (unpaired) electrons. The van der Waals surface area contributed by atoms with Gasteiger partial charge in [-0.25, -0.2) is 8.42 Å². The first kappa shape index (κ1) is 20.4. The highest BCUT2D eigenvalue weighted by Gasteiger charge is 2.41. The number of carbonyl (C=O) groups is 1. The van der Waals surface area contributed by atoms with Gasteiger partial charge in [-0.05, 0) is 25.0 Å². The number of hydrogen-bond donors (Lipinski definition) is 1. The molecule has 148 valence electrons. The van der Waals surface area contributed by atoms with Gasteiger partial charge in [0.2, 0.25) is 15.9 Å². The summed E-state index contributed by atoms with van der Waals surface area (Å²) in [6.07, 6.45) is 3.37.